The van der Waals surface area contributed by atoms with Gasteiger partial charge in [0.05, 0.1) is 18.0 Å². The van der Waals surface area contributed by atoms with Crippen molar-refractivity contribution in [1.29, 1.82) is 0 Å². The summed E-state index contributed by atoms with van der Waals surface area (Å²) in [5.41, 5.74) is 0.666. The molecule has 1 unspecified atom stereocenters. The number of carbonyl (C=O) groups is 1. The maximum atomic E-state index is 12.3. The van der Waals surface area contributed by atoms with Crippen LogP contribution in [0.25, 0.3) is 0 Å². The molecule has 0 spiro atoms. The van der Waals surface area contributed by atoms with E-state index >= 15 is 0 Å². The van der Waals surface area contributed by atoms with Gasteiger partial charge in [-0.25, -0.2) is 12.7 Å². The topological polar surface area (TPSA) is 84.9 Å². The Morgan fingerprint density at radius 2 is 1.83 bits per heavy atom. The Hall–Kier alpha value is -2.58. The highest BCUT2D eigenvalue weighted by molar-refractivity contribution is 7.89. The van der Waals surface area contributed by atoms with Gasteiger partial charge in [0.15, 0.2) is 0 Å². The SMILES string of the molecule is COc1ccc(S(=O)(=O)N(C)C)cc1CCC(=O)NC(C)COc1ccccc1. The number of aryl methyl sites for hydroxylation is 1. The molecule has 0 bridgehead atoms. The standard InChI is InChI=1S/C21H28N2O5S/c1-16(15-28-18-8-6-5-7-9-18)22-21(24)13-10-17-14-19(11-12-20(17)27-4)29(25,26)23(2)3/h5-9,11-12,14,16H,10,13,15H2,1-4H3,(H,22,24). The predicted molar refractivity (Wildman–Crippen MR) is 112 cm³/mol. The molecule has 0 aliphatic carbocycles. The van der Waals surface area contributed by atoms with Crippen LogP contribution in [0.2, 0.25) is 0 Å². The zero-order valence-electron chi connectivity index (χ0n) is 17.2. The number of nitrogens with zero attached hydrogens (tertiary/aromatic N) is 1. The zero-order chi connectivity index (χ0) is 21.4. The molecule has 0 heterocycles. The molecule has 29 heavy (non-hydrogen) atoms. The minimum absolute atomic E-state index is 0.142. The second-order valence-corrected chi connectivity index (χ2v) is 9.01. The smallest absolute Gasteiger partial charge is 0.242 e. The second-order valence-electron chi connectivity index (χ2n) is 6.85. The molecule has 0 radical (unpaired) electrons. The molecule has 0 aromatic heterocycles. The average molecular weight is 421 g/mol. The van der Waals surface area contributed by atoms with Crippen molar-refractivity contribution in [2.24, 2.45) is 0 Å². The van der Waals surface area contributed by atoms with E-state index in [0.717, 1.165) is 10.1 Å². The van der Waals surface area contributed by atoms with Crippen LogP contribution in [0.1, 0.15) is 18.9 Å². The van der Waals surface area contributed by atoms with Crippen LogP contribution in [0.3, 0.4) is 0 Å². The Balaban J connectivity index is 1.94. The molecular formula is C21H28N2O5S. The first-order chi connectivity index (χ1) is 13.7. The van der Waals surface area contributed by atoms with E-state index in [-0.39, 0.29) is 23.3 Å². The Labute approximate surface area is 172 Å². The minimum Gasteiger partial charge on any atom is -0.496 e. The summed E-state index contributed by atoms with van der Waals surface area (Å²) in [6, 6.07) is 13.9. The van der Waals surface area contributed by atoms with Gasteiger partial charge in [0.2, 0.25) is 15.9 Å². The van der Waals surface area contributed by atoms with Crippen LogP contribution >= 0.6 is 0 Å². The third-order valence-electron chi connectivity index (χ3n) is 4.30. The van der Waals surface area contributed by atoms with Crippen LogP contribution in [0.15, 0.2) is 53.4 Å². The number of ether oxygens (including phenoxy) is 2. The summed E-state index contributed by atoms with van der Waals surface area (Å²) >= 11 is 0. The normalized spacial score (nSPS) is 12.4. The molecule has 1 N–H and O–H groups in total. The number of nitrogens with one attached hydrogen (secondary N) is 1. The Morgan fingerprint density at radius 1 is 1.14 bits per heavy atom. The Bertz CT molecular complexity index is 914. The maximum absolute atomic E-state index is 12.3. The molecule has 2 aromatic rings. The van der Waals surface area contributed by atoms with Gasteiger partial charge in [-0.05, 0) is 49.2 Å². The molecule has 8 heteroatoms. The number of hydrogen-bond acceptors (Lipinski definition) is 5. The summed E-state index contributed by atoms with van der Waals surface area (Å²) < 4.78 is 36.8. The van der Waals surface area contributed by atoms with Crippen molar-refractivity contribution < 1.29 is 22.7 Å². The lowest BCUT2D eigenvalue weighted by molar-refractivity contribution is -0.121. The summed E-state index contributed by atoms with van der Waals surface area (Å²) in [6.07, 6.45) is 0.565. The zero-order valence-corrected chi connectivity index (χ0v) is 18.0. The number of rotatable bonds is 10. The van der Waals surface area contributed by atoms with E-state index in [4.69, 9.17) is 9.47 Å². The van der Waals surface area contributed by atoms with Gasteiger partial charge >= 0.3 is 0 Å². The van der Waals surface area contributed by atoms with Crippen molar-refractivity contribution in [3.05, 3.63) is 54.1 Å². The number of hydrogen-bond donors (Lipinski definition) is 1. The van der Waals surface area contributed by atoms with Crippen LogP contribution in [-0.4, -0.2) is 52.5 Å². The van der Waals surface area contributed by atoms with E-state index in [1.807, 2.05) is 37.3 Å². The van der Waals surface area contributed by atoms with Gasteiger partial charge in [-0.15, -0.1) is 0 Å². The van der Waals surface area contributed by atoms with E-state index in [1.54, 1.807) is 12.1 Å². The van der Waals surface area contributed by atoms with Crippen molar-refractivity contribution in [2.45, 2.75) is 30.7 Å². The number of amides is 1. The molecule has 2 rings (SSSR count). The molecule has 158 valence electrons. The molecular weight excluding hydrogens is 392 g/mol. The quantitative estimate of drug-likeness (QED) is 0.638. The number of benzene rings is 2. The molecule has 0 aliphatic rings. The van der Waals surface area contributed by atoms with Gasteiger partial charge in [0.25, 0.3) is 0 Å². The van der Waals surface area contributed by atoms with Gasteiger partial charge < -0.3 is 14.8 Å². The summed E-state index contributed by atoms with van der Waals surface area (Å²) in [7, 11) is 0.916. The van der Waals surface area contributed by atoms with E-state index in [9.17, 15) is 13.2 Å². The van der Waals surface area contributed by atoms with Crippen molar-refractivity contribution in [3.8, 4) is 11.5 Å². The number of methoxy groups -OCH3 is 1. The molecule has 1 atom stereocenters. The molecule has 1 amide bonds. The van der Waals surface area contributed by atoms with Gasteiger partial charge in [-0.2, -0.15) is 0 Å². The third-order valence-corrected chi connectivity index (χ3v) is 6.11. The number of carbonyl (C=O) groups excluding carboxylic acids is 1. The van der Waals surface area contributed by atoms with E-state index in [2.05, 4.69) is 5.32 Å². The fourth-order valence-corrected chi connectivity index (χ4v) is 3.65. The first-order valence-corrected chi connectivity index (χ1v) is 10.7. The highest BCUT2D eigenvalue weighted by Crippen LogP contribution is 2.25. The second kappa shape index (κ2) is 10.3. The summed E-state index contributed by atoms with van der Waals surface area (Å²) in [5.74, 6) is 1.16. The van der Waals surface area contributed by atoms with Gasteiger partial charge in [0, 0.05) is 20.5 Å². The molecule has 0 aliphatic heterocycles. The Morgan fingerprint density at radius 3 is 2.45 bits per heavy atom. The summed E-state index contributed by atoms with van der Waals surface area (Å²) in [5, 5.41) is 2.89. The molecule has 0 fully saturated rings. The number of para-hydroxylation sites is 1. The lowest BCUT2D eigenvalue weighted by Gasteiger charge is -2.16. The third kappa shape index (κ3) is 6.47. The molecule has 7 nitrogen and oxygen atoms in total. The largest absolute Gasteiger partial charge is 0.496 e. The Kier molecular flexibility index (Phi) is 8.04. The minimum atomic E-state index is -3.55. The van der Waals surface area contributed by atoms with Crippen LogP contribution in [0, 0.1) is 0 Å². The predicted octanol–water partition coefficient (Wildman–Crippen LogP) is 2.46. The summed E-state index contributed by atoms with van der Waals surface area (Å²) in [4.78, 5) is 12.5. The highest BCUT2D eigenvalue weighted by atomic mass is 32.2. The first kappa shape index (κ1) is 22.7. The molecule has 2 aromatic carbocycles. The fraction of sp³-hybridized carbons (Fsp3) is 0.381. The lowest BCUT2D eigenvalue weighted by Crippen LogP contribution is -2.36. The van der Waals surface area contributed by atoms with Crippen LogP contribution in [-0.2, 0) is 21.2 Å². The van der Waals surface area contributed by atoms with E-state index in [0.29, 0.717) is 24.3 Å². The van der Waals surface area contributed by atoms with Gasteiger partial charge in [0.1, 0.15) is 18.1 Å². The van der Waals surface area contributed by atoms with Gasteiger partial charge in [-0.3, -0.25) is 4.79 Å². The average Bonchev–Trinajstić information content (AvgIpc) is 2.71. The monoisotopic (exact) mass is 420 g/mol. The van der Waals surface area contributed by atoms with E-state index < -0.39 is 10.0 Å². The van der Waals surface area contributed by atoms with Crippen molar-refractivity contribution in [2.75, 3.05) is 27.8 Å². The lowest BCUT2D eigenvalue weighted by atomic mass is 10.1. The van der Waals surface area contributed by atoms with Crippen molar-refractivity contribution in [3.63, 3.8) is 0 Å². The highest BCUT2D eigenvalue weighted by Gasteiger charge is 2.19. The van der Waals surface area contributed by atoms with Gasteiger partial charge in [-0.1, -0.05) is 18.2 Å². The van der Waals surface area contributed by atoms with E-state index in [1.165, 1.54) is 27.3 Å². The van der Waals surface area contributed by atoms with Crippen LogP contribution in [0.5, 0.6) is 11.5 Å². The molecule has 0 saturated carbocycles. The summed E-state index contributed by atoms with van der Waals surface area (Å²) in [6.45, 7) is 2.22. The first-order valence-electron chi connectivity index (χ1n) is 9.30. The van der Waals surface area contributed by atoms with Crippen LogP contribution < -0.4 is 14.8 Å². The number of sulfonamides is 1. The van der Waals surface area contributed by atoms with Crippen molar-refractivity contribution >= 4 is 15.9 Å². The fourth-order valence-electron chi connectivity index (χ4n) is 2.70. The van der Waals surface area contributed by atoms with Crippen LogP contribution in [0.4, 0.5) is 0 Å². The maximum Gasteiger partial charge on any atom is 0.242 e. The molecule has 0 saturated heterocycles. The van der Waals surface area contributed by atoms with Crippen molar-refractivity contribution in [1.82, 2.24) is 9.62 Å².